The van der Waals surface area contributed by atoms with Gasteiger partial charge >= 0.3 is 6.09 Å². The Kier molecular flexibility index (Phi) is 5.98. The van der Waals surface area contributed by atoms with Crippen LogP contribution in [0, 0.1) is 0 Å². The van der Waals surface area contributed by atoms with Crippen molar-refractivity contribution < 1.29 is 17.9 Å². The average Bonchev–Trinajstić information content (AvgIpc) is 2.67. The van der Waals surface area contributed by atoms with E-state index in [1.807, 2.05) is 49.4 Å². The zero-order chi connectivity index (χ0) is 19.4. The number of carbonyl (C=O) groups excluding carboxylic acids is 1. The first kappa shape index (κ1) is 19.6. The molecule has 1 unspecified atom stereocenters. The van der Waals surface area contributed by atoms with E-state index < -0.39 is 16.3 Å². The molecule has 1 aliphatic rings. The van der Waals surface area contributed by atoms with Crippen molar-refractivity contribution in [2.45, 2.75) is 19.9 Å². The van der Waals surface area contributed by atoms with E-state index in [0.29, 0.717) is 19.7 Å². The second kappa shape index (κ2) is 8.24. The molecule has 1 amide bonds. The van der Waals surface area contributed by atoms with Gasteiger partial charge in [-0.05, 0) is 30.2 Å². The second-order valence-corrected chi connectivity index (χ2v) is 8.20. The van der Waals surface area contributed by atoms with E-state index in [4.69, 9.17) is 4.74 Å². The Morgan fingerprint density at radius 1 is 1.11 bits per heavy atom. The zero-order valence-corrected chi connectivity index (χ0v) is 16.4. The SMILES string of the molecule is CCOC(=O)N1CCN(S(=O)(=O)NC(C)c2cccc3ccccc23)CC1. The number of piperazine rings is 1. The highest BCUT2D eigenvalue weighted by Gasteiger charge is 2.30. The Labute approximate surface area is 160 Å². The van der Waals surface area contributed by atoms with Crippen LogP contribution in [-0.4, -0.2) is 56.5 Å². The standard InChI is InChI=1S/C19H25N3O4S/c1-3-26-19(23)21-11-13-22(14-12-21)27(24,25)20-15(2)17-10-6-8-16-7-4-5-9-18(16)17/h4-10,15,20H,3,11-14H2,1-2H3. The first-order valence-electron chi connectivity index (χ1n) is 9.09. The molecule has 3 rings (SSSR count). The van der Waals surface area contributed by atoms with Gasteiger partial charge in [-0.25, -0.2) is 4.79 Å². The number of ether oxygens (including phenoxy) is 1. The molecule has 0 aliphatic carbocycles. The first-order chi connectivity index (χ1) is 12.9. The number of hydrogen-bond donors (Lipinski definition) is 1. The fourth-order valence-corrected chi connectivity index (χ4v) is 4.68. The number of benzene rings is 2. The normalized spacial score (nSPS) is 17.0. The molecule has 7 nitrogen and oxygen atoms in total. The summed E-state index contributed by atoms with van der Waals surface area (Å²) in [7, 11) is -3.66. The molecule has 1 fully saturated rings. The third kappa shape index (κ3) is 4.40. The van der Waals surface area contributed by atoms with Crippen molar-refractivity contribution in [2.75, 3.05) is 32.8 Å². The van der Waals surface area contributed by atoms with Crippen LogP contribution in [0.3, 0.4) is 0 Å². The van der Waals surface area contributed by atoms with Gasteiger partial charge in [0.15, 0.2) is 0 Å². The van der Waals surface area contributed by atoms with E-state index in [1.165, 1.54) is 9.21 Å². The molecule has 0 radical (unpaired) electrons. The molecule has 0 spiro atoms. The molecular weight excluding hydrogens is 366 g/mol. The molecule has 1 aliphatic heterocycles. The highest BCUT2D eigenvalue weighted by atomic mass is 32.2. The van der Waals surface area contributed by atoms with Gasteiger partial charge in [0.05, 0.1) is 6.61 Å². The maximum absolute atomic E-state index is 12.8. The lowest BCUT2D eigenvalue weighted by molar-refractivity contribution is 0.0932. The Hall–Kier alpha value is -2.16. The predicted octanol–water partition coefficient (Wildman–Crippen LogP) is 2.51. The highest BCUT2D eigenvalue weighted by molar-refractivity contribution is 7.87. The van der Waals surface area contributed by atoms with Gasteiger partial charge in [-0.3, -0.25) is 0 Å². The fraction of sp³-hybridized carbons (Fsp3) is 0.421. The number of rotatable bonds is 5. The van der Waals surface area contributed by atoms with Crippen molar-refractivity contribution in [3.63, 3.8) is 0 Å². The number of carbonyl (C=O) groups is 1. The van der Waals surface area contributed by atoms with Gasteiger partial charge in [0.1, 0.15) is 0 Å². The molecule has 1 heterocycles. The van der Waals surface area contributed by atoms with E-state index in [-0.39, 0.29) is 19.1 Å². The van der Waals surface area contributed by atoms with Crippen LogP contribution in [0.4, 0.5) is 4.79 Å². The molecule has 1 N–H and O–H groups in total. The summed E-state index contributed by atoms with van der Waals surface area (Å²) in [6, 6.07) is 13.4. The van der Waals surface area contributed by atoms with Crippen molar-refractivity contribution >= 4 is 27.1 Å². The molecule has 8 heteroatoms. The number of nitrogens with zero attached hydrogens (tertiary/aromatic N) is 2. The smallest absolute Gasteiger partial charge is 0.409 e. The molecule has 2 aromatic rings. The number of amides is 1. The minimum absolute atomic E-state index is 0.246. The molecule has 27 heavy (non-hydrogen) atoms. The third-order valence-electron chi connectivity index (χ3n) is 4.72. The summed E-state index contributed by atoms with van der Waals surface area (Å²) >= 11 is 0. The molecule has 2 aromatic carbocycles. The van der Waals surface area contributed by atoms with Gasteiger partial charge in [0.2, 0.25) is 0 Å². The van der Waals surface area contributed by atoms with Gasteiger partial charge in [0, 0.05) is 32.2 Å². The van der Waals surface area contributed by atoms with E-state index >= 15 is 0 Å². The maximum Gasteiger partial charge on any atom is 0.409 e. The summed E-state index contributed by atoms with van der Waals surface area (Å²) in [5.74, 6) is 0. The largest absolute Gasteiger partial charge is 0.450 e. The molecule has 0 bridgehead atoms. The number of fused-ring (bicyclic) bond motifs is 1. The topological polar surface area (TPSA) is 79.0 Å². The van der Waals surface area contributed by atoms with Crippen LogP contribution in [0.2, 0.25) is 0 Å². The Bertz CT molecular complexity index is 903. The minimum Gasteiger partial charge on any atom is -0.450 e. The van der Waals surface area contributed by atoms with E-state index in [9.17, 15) is 13.2 Å². The van der Waals surface area contributed by atoms with Gasteiger partial charge in [-0.15, -0.1) is 0 Å². The van der Waals surface area contributed by atoms with Gasteiger partial charge < -0.3 is 9.64 Å². The summed E-state index contributed by atoms with van der Waals surface area (Å²) in [4.78, 5) is 13.3. The first-order valence-corrected chi connectivity index (χ1v) is 10.5. The van der Waals surface area contributed by atoms with E-state index in [0.717, 1.165) is 16.3 Å². The van der Waals surface area contributed by atoms with E-state index in [2.05, 4.69) is 4.72 Å². The zero-order valence-electron chi connectivity index (χ0n) is 15.6. The molecule has 0 aromatic heterocycles. The van der Waals surface area contributed by atoms with Gasteiger partial charge in [-0.2, -0.15) is 17.4 Å². The Morgan fingerprint density at radius 3 is 2.48 bits per heavy atom. The third-order valence-corrected chi connectivity index (χ3v) is 6.42. The summed E-state index contributed by atoms with van der Waals surface area (Å²) in [5.41, 5.74) is 0.932. The van der Waals surface area contributed by atoms with Crippen LogP contribution in [0.15, 0.2) is 42.5 Å². The van der Waals surface area contributed by atoms with Crippen LogP contribution in [0.25, 0.3) is 10.8 Å². The van der Waals surface area contributed by atoms with Crippen molar-refractivity contribution in [2.24, 2.45) is 0 Å². The molecule has 1 saturated heterocycles. The van der Waals surface area contributed by atoms with Gasteiger partial charge in [0.25, 0.3) is 10.2 Å². The summed E-state index contributed by atoms with van der Waals surface area (Å²) in [6.07, 6.45) is -0.397. The molecule has 1 atom stereocenters. The fourth-order valence-electron chi connectivity index (χ4n) is 3.32. The summed E-state index contributed by atoms with van der Waals surface area (Å²) in [6.45, 7) is 5.03. The summed E-state index contributed by atoms with van der Waals surface area (Å²) < 4.78 is 34.7. The van der Waals surface area contributed by atoms with E-state index in [1.54, 1.807) is 6.92 Å². The van der Waals surface area contributed by atoms with Crippen LogP contribution in [0.1, 0.15) is 25.5 Å². The number of hydrogen-bond acceptors (Lipinski definition) is 4. The van der Waals surface area contributed by atoms with Crippen molar-refractivity contribution in [1.29, 1.82) is 0 Å². The van der Waals surface area contributed by atoms with Crippen LogP contribution < -0.4 is 4.72 Å². The number of nitrogens with one attached hydrogen (secondary N) is 1. The van der Waals surface area contributed by atoms with Crippen molar-refractivity contribution in [1.82, 2.24) is 13.9 Å². The van der Waals surface area contributed by atoms with Crippen molar-refractivity contribution in [3.8, 4) is 0 Å². The van der Waals surface area contributed by atoms with Crippen LogP contribution >= 0.6 is 0 Å². The molecule has 0 saturated carbocycles. The Balaban J connectivity index is 1.69. The lowest BCUT2D eigenvalue weighted by atomic mass is 10.0. The highest BCUT2D eigenvalue weighted by Crippen LogP contribution is 2.25. The molecule has 146 valence electrons. The monoisotopic (exact) mass is 391 g/mol. The maximum atomic E-state index is 12.8. The quantitative estimate of drug-likeness (QED) is 0.849. The average molecular weight is 391 g/mol. The van der Waals surface area contributed by atoms with Crippen LogP contribution in [-0.2, 0) is 14.9 Å². The molecular formula is C19H25N3O4S. The van der Waals surface area contributed by atoms with Gasteiger partial charge in [-0.1, -0.05) is 42.5 Å². The lowest BCUT2D eigenvalue weighted by Crippen LogP contribution is -2.53. The van der Waals surface area contributed by atoms with Crippen molar-refractivity contribution in [3.05, 3.63) is 48.0 Å². The second-order valence-electron chi connectivity index (χ2n) is 6.50. The Morgan fingerprint density at radius 2 is 1.78 bits per heavy atom. The minimum atomic E-state index is -3.66. The summed E-state index contributed by atoms with van der Waals surface area (Å²) in [5, 5.41) is 2.10. The van der Waals surface area contributed by atoms with Crippen LogP contribution in [0.5, 0.6) is 0 Å². The lowest BCUT2D eigenvalue weighted by Gasteiger charge is -2.34. The predicted molar refractivity (Wildman–Crippen MR) is 105 cm³/mol.